The van der Waals surface area contributed by atoms with Crippen molar-refractivity contribution >= 4 is 5.97 Å². The molecule has 2 aromatic carbocycles. The van der Waals surface area contributed by atoms with E-state index in [2.05, 4.69) is 26.0 Å². The third-order valence-electron chi connectivity index (χ3n) is 4.40. The van der Waals surface area contributed by atoms with Gasteiger partial charge in [-0.15, -0.1) is 0 Å². The molecule has 0 spiro atoms. The number of carboxylic acid groups (broad SMARTS) is 1. The van der Waals surface area contributed by atoms with Crippen molar-refractivity contribution < 1.29 is 14.6 Å². The largest absolute Gasteiger partial charge is 0.478 e. The molecule has 0 radical (unpaired) electrons. The summed E-state index contributed by atoms with van der Waals surface area (Å²) < 4.78 is 5.88. The summed E-state index contributed by atoms with van der Waals surface area (Å²) >= 11 is 0. The molecule has 0 aromatic heterocycles. The van der Waals surface area contributed by atoms with Crippen LogP contribution >= 0.6 is 0 Å². The first kappa shape index (κ1) is 14.6. The van der Waals surface area contributed by atoms with E-state index >= 15 is 0 Å². The maximum Gasteiger partial charge on any atom is 0.335 e. The molecule has 0 unspecified atom stereocenters. The zero-order valence-electron chi connectivity index (χ0n) is 12.9. The van der Waals surface area contributed by atoms with Crippen molar-refractivity contribution in [3.63, 3.8) is 0 Å². The molecule has 0 bridgehead atoms. The van der Waals surface area contributed by atoms with Crippen LogP contribution in [0.15, 0.2) is 42.5 Å². The van der Waals surface area contributed by atoms with E-state index in [0.29, 0.717) is 5.75 Å². The minimum absolute atomic E-state index is 0.181. The Kier molecular flexibility index (Phi) is 3.65. The lowest BCUT2D eigenvalue weighted by atomic mass is 9.73. The predicted molar refractivity (Wildman–Crippen MR) is 85.9 cm³/mol. The van der Waals surface area contributed by atoms with Gasteiger partial charge >= 0.3 is 5.97 Å². The van der Waals surface area contributed by atoms with Gasteiger partial charge in [0.1, 0.15) is 11.5 Å². The van der Waals surface area contributed by atoms with Crippen LogP contribution in [0.2, 0.25) is 0 Å². The van der Waals surface area contributed by atoms with Gasteiger partial charge in [-0.25, -0.2) is 4.79 Å². The highest BCUT2D eigenvalue weighted by molar-refractivity contribution is 5.87. The SMILES string of the molecule is CC1(C)CCCc2ccc(Oc3ccc(C(=O)O)cc3)cc21. The van der Waals surface area contributed by atoms with E-state index in [4.69, 9.17) is 9.84 Å². The lowest BCUT2D eigenvalue weighted by molar-refractivity contribution is 0.0697. The number of carbonyl (C=O) groups is 1. The Bertz CT molecular complexity index is 699. The molecule has 0 heterocycles. The monoisotopic (exact) mass is 296 g/mol. The van der Waals surface area contributed by atoms with Crippen molar-refractivity contribution in [3.05, 3.63) is 59.2 Å². The molecule has 1 aliphatic rings. The molecule has 0 fully saturated rings. The number of benzene rings is 2. The second kappa shape index (κ2) is 5.48. The number of aryl methyl sites for hydroxylation is 1. The number of ether oxygens (including phenoxy) is 1. The highest BCUT2D eigenvalue weighted by Crippen LogP contribution is 2.39. The van der Waals surface area contributed by atoms with Gasteiger partial charge in [0.05, 0.1) is 5.56 Å². The Balaban J connectivity index is 1.85. The minimum atomic E-state index is -0.929. The number of hydrogen-bond donors (Lipinski definition) is 1. The van der Waals surface area contributed by atoms with Gasteiger partial charge in [-0.1, -0.05) is 19.9 Å². The highest BCUT2D eigenvalue weighted by Gasteiger charge is 2.27. The molecule has 3 rings (SSSR count). The Labute approximate surface area is 130 Å². The molecule has 114 valence electrons. The molecule has 22 heavy (non-hydrogen) atoms. The van der Waals surface area contributed by atoms with E-state index in [0.717, 1.165) is 12.2 Å². The molecule has 0 amide bonds. The topological polar surface area (TPSA) is 46.5 Å². The Morgan fingerprint density at radius 1 is 1.09 bits per heavy atom. The third-order valence-corrected chi connectivity index (χ3v) is 4.40. The van der Waals surface area contributed by atoms with Gasteiger partial charge in [-0.2, -0.15) is 0 Å². The lowest BCUT2D eigenvalue weighted by Gasteiger charge is -2.32. The fraction of sp³-hybridized carbons (Fsp3) is 0.316. The zero-order chi connectivity index (χ0) is 15.7. The molecule has 1 aliphatic carbocycles. The van der Waals surface area contributed by atoms with Crippen molar-refractivity contribution in [3.8, 4) is 11.5 Å². The second-order valence-electron chi connectivity index (χ2n) is 6.49. The van der Waals surface area contributed by atoms with E-state index in [9.17, 15) is 4.79 Å². The Hall–Kier alpha value is -2.29. The summed E-state index contributed by atoms with van der Waals surface area (Å²) in [6.07, 6.45) is 3.56. The Morgan fingerprint density at radius 2 is 1.77 bits per heavy atom. The second-order valence-corrected chi connectivity index (χ2v) is 6.49. The maximum absolute atomic E-state index is 10.9. The van der Waals surface area contributed by atoms with Crippen LogP contribution < -0.4 is 4.74 Å². The van der Waals surface area contributed by atoms with Gasteiger partial charge in [0.2, 0.25) is 0 Å². The first-order valence-electron chi connectivity index (χ1n) is 7.60. The molecule has 1 N–H and O–H groups in total. The Morgan fingerprint density at radius 3 is 2.45 bits per heavy atom. The standard InChI is InChI=1S/C19H20O3/c1-19(2)11-3-4-13-5-10-16(12-17(13)19)22-15-8-6-14(7-9-15)18(20)21/h5-10,12H,3-4,11H2,1-2H3,(H,20,21). The maximum atomic E-state index is 10.9. The third kappa shape index (κ3) is 2.84. The molecule has 3 heteroatoms. The molecule has 2 aromatic rings. The summed E-state index contributed by atoms with van der Waals surface area (Å²) in [4.78, 5) is 10.9. The summed E-state index contributed by atoms with van der Waals surface area (Å²) in [6, 6.07) is 12.8. The van der Waals surface area contributed by atoms with Crippen molar-refractivity contribution in [2.45, 2.75) is 38.5 Å². The van der Waals surface area contributed by atoms with Crippen LogP contribution in [-0.2, 0) is 11.8 Å². The van der Waals surface area contributed by atoms with Crippen LogP contribution in [0.25, 0.3) is 0 Å². The first-order valence-corrected chi connectivity index (χ1v) is 7.60. The number of carboxylic acids is 1. The van der Waals surface area contributed by atoms with Gasteiger partial charge in [-0.3, -0.25) is 0 Å². The summed E-state index contributed by atoms with van der Waals surface area (Å²) in [5.41, 5.74) is 3.21. The van der Waals surface area contributed by atoms with Crippen molar-refractivity contribution in [1.29, 1.82) is 0 Å². The fourth-order valence-electron chi connectivity index (χ4n) is 3.12. The van der Waals surface area contributed by atoms with Crippen molar-refractivity contribution in [2.75, 3.05) is 0 Å². The van der Waals surface area contributed by atoms with E-state index in [1.807, 2.05) is 6.07 Å². The molecule has 0 saturated carbocycles. The minimum Gasteiger partial charge on any atom is -0.478 e. The van der Waals surface area contributed by atoms with Gasteiger partial charge in [0, 0.05) is 0 Å². The van der Waals surface area contributed by atoms with Gasteiger partial charge in [-0.05, 0) is 72.2 Å². The number of aromatic carboxylic acids is 1. The normalized spacial score (nSPS) is 15.9. The van der Waals surface area contributed by atoms with E-state index in [-0.39, 0.29) is 11.0 Å². The quantitative estimate of drug-likeness (QED) is 0.885. The fourth-order valence-corrected chi connectivity index (χ4v) is 3.12. The van der Waals surface area contributed by atoms with Crippen LogP contribution in [0.5, 0.6) is 11.5 Å². The molecular weight excluding hydrogens is 276 g/mol. The molecule has 0 atom stereocenters. The van der Waals surface area contributed by atoms with Crippen molar-refractivity contribution in [2.24, 2.45) is 0 Å². The van der Waals surface area contributed by atoms with Crippen LogP contribution in [0.3, 0.4) is 0 Å². The summed E-state index contributed by atoms with van der Waals surface area (Å²) in [5, 5.41) is 8.91. The number of fused-ring (bicyclic) bond motifs is 1. The lowest BCUT2D eigenvalue weighted by Crippen LogP contribution is -2.23. The van der Waals surface area contributed by atoms with E-state index < -0.39 is 5.97 Å². The molecule has 0 aliphatic heterocycles. The van der Waals surface area contributed by atoms with Crippen LogP contribution in [0.1, 0.15) is 48.2 Å². The average molecular weight is 296 g/mol. The molecular formula is C19H20O3. The zero-order valence-corrected chi connectivity index (χ0v) is 12.9. The van der Waals surface area contributed by atoms with Crippen LogP contribution in [-0.4, -0.2) is 11.1 Å². The number of rotatable bonds is 3. The summed E-state index contributed by atoms with van der Waals surface area (Å²) in [6.45, 7) is 4.55. The van der Waals surface area contributed by atoms with Crippen LogP contribution in [0.4, 0.5) is 0 Å². The average Bonchev–Trinajstić information content (AvgIpc) is 2.48. The van der Waals surface area contributed by atoms with Crippen molar-refractivity contribution in [1.82, 2.24) is 0 Å². The van der Waals surface area contributed by atoms with Crippen LogP contribution in [0, 0.1) is 0 Å². The number of hydrogen-bond acceptors (Lipinski definition) is 2. The molecule has 3 nitrogen and oxygen atoms in total. The van der Waals surface area contributed by atoms with Gasteiger partial charge in [0.15, 0.2) is 0 Å². The van der Waals surface area contributed by atoms with Gasteiger partial charge < -0.3 is 9.84 Å². The smallest absolute Gasteiger partial charge is 0.335 e. The van der Waals surface area contributed by atoms with E-state index in [1.54, 1.807) is 24.3 Å². The first-order chi connectivity index (χ1) is 10.5. The highest BCUT2D eigenvalue weighted by atomic mass is 16.5. The summed E-state index contributed by atoms with van der Waals surface area (Å²) in [7, 11) is 0. The van der Waals surface area contributed by atoms with Gasteiger partial charge in [0.25, 0.3) is 0 Å². The summed E-state index contributed by atoms with van der Waals surface area (Å²) in [5.74, 6) is 0.525. The molecule has 0 saturated heterocycles. The van der Waals surface area contributed by atoms with E-state index in [1.165, 1.54) is 24.0 Å². The predicted octanol–water partition coefficient (Wildman–Crippen LogP) is 4.79.